The van der Waals surface area contributed by atoms with Crippen molar-refractivity contribution in [3.63, 3.8) is 0 Å². The van der Waals surface area contributed by atoms with E-state index in [1.807, 2.05) is 25.1 Å². The number of halogens is 3. The van der Waals surface area contributed by atoms with Gasteiger partial charge in [-0.3, -0.25) is 4.90 Å². The molecule has 1 aliphatic heterocycles. The van der Waals surface area contributed by atoms with E-state index in [2.05, 4.69) is 21.3 Å². The van der Waals surface area contributed by atoms with Crippen molar-refractivity contribution in [2.24, 2.45) is 0 Å². The van der Waals surface area contributed by atoms with E-state index in [1.165, 1.54) is 5.56 Å². The molecule has 0 aliphatic carbocycles. The molecule has 1 saturated heterocycles. The van der Waals surface area contributed by atoms with Gasteiger partial charge in [0.15, 0.2) is 11.5 Å². The maximum atomic E-state index is 5.93. The maximum Gasteiger partial charge on any atom is 0.161 e. The zero-order valence-electron chi connectivity index (χ0n) is 17.1. The van der Waals surface area contributed by atoms with Crippen molar-refractivity contribution in [2.45, 2.75) is 20.1 Å². The number of rotatable bonds is 10. The fourth-order valence-corrected chi connectivity index (χ4v) is 3.11. The second-order valence-electron chi connectivity index (χ2n) is 6.62. The molecular weight excluding hydrogens is 449 g/mol. The average Bonchev–Trinajstić information content (AvgIpc) is 2.73. The lowest BCUT2D eigenvalue weighted by Gasteiger charge is -2.26. The summed E-state index contributed by atoms with van der Waals surface area (Å²) in [5, 5.41) is 3.98. The van der Waals surface area contributed by atoms with Gasteiger partial charge >= 0.3 is 0 Å². The lowest BCUT2D eigenvalue weighted by molar-refractivity contribution is 0.0384. The number of pyridine rings is 1. The molecule has 2 aromatic rings. The van der Waals surface area contributed by atoms with Gasteiger partial charge in [0.25, 0.3) is 0 Å². The predicted octanol–water partition coefficient (Wildman–Crippen LogP) is 3.98. The lowest BCUT2D eigenvalue weighted by atomic mass is 10.2. The van der Waals surface area contributed by atoms with Crippen LogP contribution in [0.5, 0.6) is 11.5 Å². The summed E-state index contributed by atoms with van der Waals surface area (Å²) in [4.78, 5) is 6.50. The molecule has 1 N–H and O–H groups in total. The van der Waals surface area contributed by atoms with Crippen LogP contribution in [0.3, 0.4) is 0 Å². The summed E-state index contributed by atoms with van der Waals surface area (Å²) in [5.41, 5.74) is 2.13. The van der Waals surface area contributed by atoms with Gasteiger partial charge in [-0.25, -0.2) is 4.98 Å². The van der Waals surface area contributed by atoms with Crippen LogP contribution in [-0.4, -0.2) is 55.9 Å². The molecule has 0 radical (unpaired) electrons. The van der Waals surface area contributed by atoms with Crippen molar-refractivity contribution in [3.05, 3.63) is 52.8 Å². The first-order valence-electron chi connectivity index (χ1n) is 9.74. The molecule has 0 bridgehead atoms. The molecule has 1 fully saturated rings. The van der Waals surface area contributed by atoms with Crippen LogP contribution in [0.1, 0.15) is 18.1 Å². The number of aromatic nitrogens is 1. The second-order valence-corrected chi connectivity index (χ2v) is 7.01. The molecule has 30 heavy (non-hydrogen) atoms. The SMILES string of the molecule is CCOc1cc(CNCCN2CCOCC2)ccc1OCc1ccc(Cl)nc1.Cl.Cl. The molecule has 1 aromatic heterocycles. The Morgan fingerprint density at radius 3 is 2.53 bits per heavy atom. The Hall–Kier alpha value is -1.28. The van der Waals surface area contributed by atoms with Gasteiger partial charge < -0.3 is 19.5 Å². The molecule has 0 atom stereocenters. The molecule has 2 heterocycles. The van der Waals surface area contributed by atoms with Crippen molar-refractivity contribution < 1.29 is 14.2 Å². The molecule has 0 spiro atoms. The molecule has 9 heteroatoms. The third-order valence-corrected chi connectivity index (χ3v) is 4.75. The highest BCUT2D eigenvalue weighted by atomic mass is 35.5. The van der Waals surface area contributed by atoms with Crippen LogP contribution < -0.4 is 14.8 Å². The summed E-state index contributed by atoms with van der Waals surface area (Å²) in [7, 11) is 0. The van der Waals surface area contributed by atoms with E-state index >= 15 is 0 Å². The van der Waals surface area contributed by atoms with E-state index in [0.29, 0.717) is 18.4 Å². The van der Waals surface area contributed by atoms with Crippen LogP contribution in [0, 0.1) is 0 Å². The Labute approximate surface area is 196 Å². The Bertz CT molecular complexity index is 729. The van der Waals surface area contributed by atoms with Gasteiger partial charge in [-0.15, -0.1) is 24.8 Å². The summed E-state index contributed by atoms with van der Waals surface area (Å²) in [6, 6.07) is 9.74. The van der Waals surface area contributed by atoms with E-state index in [0.717, 1.165) is 63.0 Å². The topological polar surface area (TPSA) is 55.9 Å². The standard InChI is InChI=1S/C21H28ClN3O3.2ClH/c1-2-27-20-13-17(14-23-7-8-25-9-11-26-12-10-25)3-5-19(20)28-16-18-4-6-21(22)24-15-18;;/h3-6,13,15,23H,2,7-12,14,16H2,1H3;2*1H. The van der Waals surface area contributed by atoms with E-state index in [9.17, 15) is 0 Å². The molecule has 168 valence electrons. The van der Waals surface area contributed by atoms with E-state index in [-0.39, 0.29) is 24.8 Å². The third kappa shape index (κ3) is 8.84. The minimum absolute atomic E-state index is 0. The first-order valence-corrected chi connectivity index (χ1v) is 10.1. The Kier molecular flexibility index (Phi) is 13.1. The molecule has 0 amide bonds. The smallest absolute Gasteiger partial charge is 0.161 e. The van der Waals surface area contributed by atoms with Crippen molar-refractivity contribution in [1.82, 2.24) is 15.2 Å². The summed E-state index contributed by atoms with van der Waals surface area (Å²) in [6.45, 7) is 9.48. The van der Waals surface area contributed by atoms with Crippen LogP contribution in [0.2, 0.25) is 5.15 Å². The minimum Gasteiger partial charge on any atom is -0.490 e. The van der Waals surface area contributed by atoms with Gasteiger partial charge in [-0.1, -0.05) is 23.7 Å². The van der Waals surface area contributed by atoms with E-state index < -0.39 is 0 Å². The van der Waals surface area contributed by atoms with Crippen LogP contribution in [0.15, 0.2) is 36.5 Å². The number of hydrogen-bond acceptors (Lipinski definition) is 6. The predicted molar refractivity (Wildman–Crippen MR) is 125 cm³/mol. The van der Waals surface area contributed by atoms with Gasteiger partial charge in [-0.05, 0) is 30.7 Å². The largest absolute Gasteiger partial charge is 0.490 e. The minimum atomic E-state index is 0. The number of nitrogens with one attached hydrogen (secondary N) is 1. The van der Waals surface area contributed by atoms with Gasteiger partial charge in [-0.2, -0.15) is 0 Å². The molecule has 6 nitrogen and oxygen atoms in total. The average molecular weight is 479 g/mol. The van der Waals surface area contributed by atoms with Crippen LogP contribution in [0.4, 0.5) is 0 Å². The Balaban J connectivity index is 0.00000225. The van der Waals surface area contributed by atoms with Crippen LogP contribution >= 0.6 is 36.4 Å². The summed E-state index contributed by atoms with van der Waals surface area (Å²) in [5.74, 6) is 1.49. The highest BCUT2D eigenvalue weighted by molar-refractivity contribution is 6.29. The number of benzene rings is 1. The van der Waals surface area contributed by atoms with Crippen molar-refractivity contribution in [1.29, 1.82) is 0 Å². The quantitative estimate of drug-likeness (QED) is 0.412. The summed E-state index contributed by atoms with van der Waals surface area (Å²) < 4.78 is 17.1. The zero-order valence-corrected chi connectivity index (χ0v) is 19.5. The number of hydrogen-bond donors (Lipinski definition) is 1. The molecule has 3 rings (SSSR count). The molecule has 1 aliphatic rings. The van der Waals surface area contributed by atoms with Crippen molar-refractivity contribution in [2.75, 3.05) is 46.0 Å². The lowest BCUT2D eigenvalue weighted by Crippen LogP contribution is -2.40. The highest BCUT2D eigenvalue weighted by Crippen LogP contribution is 2.29. The Morgan fingerprint density at radius 1 is 1.07 bits per heavy atom. The maximum absolute atomic E-state index is 5.93. The first kappa shape index (κ1) is 26.8. The number of morpholine rings is 1. The molecule has 1 aromatic carbocycles. The fourth-order valence-electron chi connectivity index (χ4n) is 3.00. The molecule has 0 saturated carbocycles. The normalized spacial score (nSPS) is 13.8. The van der Waals surface area contributed by atoms with E-state index in [4.69, 9.17) is 25.8 Å². The zero-order chi connectivity index (χ0) is 19.6. The van der Waals surface area contributed by atoms with Crippen LogP contribution in [-0.2, 0) is 17.9 Å². The molecule has 0 unspecified atom stereocenters. The van der Waals surface area contributed by atoms with Crippen molar-refractivity contribution in [3.8, 4) is 11.5 Å². The summed E-state index contributed by atoms with van der Waals surface area (Å²) >= 11 is 5.82. The van der Waals surface area contributed by atoms with Gasteiger partial charge in [0.05, 0.1) is 19.8 Å². The second kappa shape index (κ2) is 14.7. The Morgan fingerprint density at radius 2 is 1.83 bits per heavy atom. The van der Waals surface area contributed by atoms with E-state index in [1.54, 1.807) is 12.3 Å². The molecular formula is C21H30Cl3N3O3. The van der Waals surface area contributed by atoms with Gasteiger partial charge in [0.1, 0.15) is 11.8 Å². The van der Waals surface area contributed by atoms with Crippen molar-refractivity contribution >= 4 is 36.4 Å². The first-order chi connectivity index (χ1) is 13.7. The van der Waals surface area contributed by atoms with Crippen LogP contribution in [0.25, 0.3) is 0 Å². The monoisotopic (exact) mass is 477 g/mol. The number of nitrogens with zero attached hydrogens (tertiary/aromatic N) is 2. The van der Waals surface area contributed by atoms with Gasteiger partial charge in [0, 0.05) is 44.5 Å². The van der Waals surface area contributed by atoms with Gasteiger partial charge in [0.2, 0.25) is 0 Å². The fraction of sp³-hybridized carbons (Fsp3) is 0.476. The highest BCUT2D eigenvalue weighted by Gasteiger charge is 2.10. The third-order valence-electron chi connectivity index (χ3n) is 4.53. The summed E-state index contributed by atoms with van der Waals surface area (Å²) in [6.07, 6.45) is 1.72. The number of ether oxygens (including phenoxy) is 3.